The van der Waals surface area contributed by atoms with E-state index in [0.29, 0.717) is 6.42 Å². The van der Waals surface area contributed by atoms with E-state index in [1.165, 1.54) is 0 Å². The first-order chi connectivity index (χ1) is 16.7. The average molecular weight is 529 g/mol. The lowest BCUT2D eigenvalue weighted by molar-refractivity contribution is -0.141. The second kappa shape index (κ2) is 10.7. The van der Waals surface area contributed by atoms with Gasteiger partial charge >= 0.3 is 6.18 Å². The number of rotatable bonds is 7. The molecule has 0 fully saturated rings. The van der Waals surface area contributed by atoms with Crippen molar-refractivity contribution in [1.82, 2.24) is 9.78 Å². The topological polar surface area (TPSA) is 45.5 Å². The molecule has 188 valence electrons. The van der Waals surface area contributed by atoms with Crippen molar-refractivity contribution in [3.05, 3.63) is 81.5 Å². The number of nitrogens with zero attached hydrogens (tertiary/aromatic N) is 2. The molecule has 1 heterocycles. The third-order valence-corrected chi connectivity index (χ3v) is 6.91. The summed E-state index contributed by atoms with van der Waals surface area (Å²) in [6.07, 6.45) is 5.39. The highest BCUT2D eigenvalue weighted by molar-refractivity contribution is 6.37. The van der Waals surface area contributed by atoms with Crippen molar-refractivity contribution >= 4 is 23.2 Å². The Hall–Kier alpha value is -2.42. The van der Waals surface area contributed by atoms with Gasteiger partial charge in [0.25, 0.3) is 0 Å². The molecule has 0 radical (unpaired) electrons. The molecule has 2 aromatic rings. The Labute approximate surface area is 211 Å². The SMILES string of the molecule is COC1=CC=CC(OC)C1C1CC=C(OCc2cc(C(F)(F)F)nn2-c2c(Cl)cccc2Cl)CC1. The molecule has 2 aliphatic rings. The van der Waals surface area contributed by atoms with Crippen LogP contribution in [0.25, 0.3) is 5.69 Å². The smallest absolute Gasteiger partial charge is 0.435 e. The molecule has 0 saturated carbocycles. The minimum Gasteiger partial charge on any atom is -0.501 e. The molecular weight excluding hydrogens is 504 g/mol. The number of benzene rings is 1. The van der Waals surface area contributed by atoms with Gasteiger partial charge in [0.1, 0.15) is 18.1 Å². The van der Waals surface area contributed by atoms with Gasteiger partial charge in [-0.2, -0.15) is 18.3 Å². The molecule has 3 atom stereocenters. The summed E-state index contributed by atoms with van der Waals surface area (Å²) in [5, 5.41) is 4.10. The van der Waals surface area contributed by atoms with Crippen molar-refractivity contribution in [3.8, 4) is 5.69 Å². The fraction of sp³-hybridized carbons (Fsp3) is 0.400. The number of halogens is 5. The summed E-state index contributed by atoms with van der Waals surface area (Å²) >= 11 is 12.5. The highest BCUT2D eigenvalue weighted by atomic mass is 35.5. The number of ether oxygens (including phenoxy) is 3. The van der Waals surface area contributed by atoms with E-state index in [-0.39, 0.29) is 46.0 Å². The third-order valence-electron chi connectivity index (χ3n) is 6.30. The van der Waals surface area contributed by atoms with Crippen molar-refractivity contribution in [1.29, 1.82) is 0 Å². The van der Waals surface area contributed by atoms with E-state index >= 15 is 0 Å². The number of hydrogen-bond donors (Lipinski definition) is 0. The van der Waals surface area contributed by atoms with E-state index < -0.39 is 11.9 Å². The van der Waals surface area contributed by atoms with Crippen molar-refractivity contribution in [2.24, 2.45) is 11.8 Å². The van der Waals surface area contributed by atoms with Crippen LogP contribution in [0.5, 0.6) is 0 Å². The summed E-state index contributed by atoms with van der Waals surface area (Å²) in [6.45, 7) is -0.114. The van der Waals surface area contributed by atoms with Gasteiger partial charge in [0.2, 0.25) is 0 Å². The molecule has 0 saturated heterocycles. The monoisotopic (exact) mass is 528 g/mol. The third kappa shape index (κ3) is 5.55. The summed E-state index contributed by atoms with van der Waals surface area (Å²) in [5.74, 6) is 1.97. The molecule has 0 spiro atoms. The van der Waals surface area contributed by atoms with Crippen LogP contribution in [-0.4, -0.2) is 30.1 Å². The van der Waals surface area contributed by atoms with E-state index in [2.05, 4.69) is 5.10 Å². The van der Waals surface area contributed by atoms with Crippen LogP contribution in [0.4, 0.5) is 13.2 Å². The standard InChI is InChI=1S/C25H25Cl2F3N2O3/c1-33-20-7-4-8-21(34-2)23(20)15-9-11-17(12-10-15)35-14-16-13-22(25(28,29)30)31-32(16)24-18(26)5-3-6-19(24)27/h3-8,11,13,15,20,23H,9-10,12,14H2,1-2H3. The zero-order chi connectivity index (χ0) is 25.2. The van der Waals surface area contributed by atoms with E-state index in [9.17, 15) is 13.2 Å². The lowest BCUT2D eigenvalue weighted by Gasteiger charge is -2.35. The van der Waals surface area contributed by atoms with Gasteiger partial charge in [0.05, 0.1) is 34.7 Å². The molecular formula is C25H25Cl2F3N2O3. The minimum atomic E-state index is -4.62. The molecule has 0 amide bonds. The molecule has 0 bridgehead atoms. The summed E-state index contributed by atoms with van der Waals surface area (Å²) in [7, 11) is 3.33. The molecule has 3 unspecified atom stereocenters. The lowest BCUT2D eigenvalue weighted by atomic mass is 9.76. The van der Waals surface area contributed by atoms with Crippen molar-refractivity contribution in [3.63, 3.8) is 0 Å². The number of methoxy groups -OCH3 is 2. The van der Waals surface area contributed by atoms with Gasteiger partial charge in [-0.1, -0.05) is 41.4 Å². The Balaban J connectivity index is 1.51. The van der Waals surface area contributed by atoms with Crippen LogP contribution >= 0.6 is 23.2 Å². The largest absolute Gasteiger partial charge is 0.501 e. The Bertz CT molecular complexity index is 1140. The van der Waals surface area contributed by atoms with Crippen molar-refractivity contribution in [2.75, 3.05) is 14.2 Å². The molecule has 0 aliphatic heterocycles. The number of allylic oxidation sites excluding steroid dienone is 4. The van der Waals surface area contributed by atoms with Crippen LogP contribution in [0.3, 0.4) is 0 Å². The molecule has 1 aromatic carbocycles. The van der Waals surface area contributed by atoms with Gasteiger partial charge in [0, 0.05) is 19.4 Å². The molecule has 35 heavy (non-hydrogen) atoms. The second-order valence-electron chi connectivity index (χ2n) is 8.38. The maximum absolute atomic E-state index is 13.4. The first kappa shape index (κ1) is 25.7. The summed E-state index contributed by atoms with van der Waals surface area (Å²) < 4.78 is 58.5. The predicted octanol–water partition coefficient (Wildman–Crippen LogP) is 7.13. The van der Waals surface area contributed by atoms with Gasteiger partial charge in [-0.05, 0) is 49.1 Å². The molecule has 2 aliphatic carbocycles. The number of hydrogen-bond acceptors (Lipinski definition) is 4. The van der Waals surface area contributed by atoms with Gasteiger partial charge in [-0.3, -0.25) is 0 Å². The molecule has 4 rings (SSSR count). The Morgan fingerprint density at radius 2 is 1.91 bits per heavy atom. The fourth-order valence-corrected chi connectivity index (χ4v) is 5.14. The lowest BCUT2D eigenvalue weighted by Crippen LogP contribution is -2.33. The van der Waals surface area contributed by atoms with Crippen LogP contribution in [0, 0.1) is 11.8 Å². The van der Waals surface area contributed by atoms with Gasteiger partial charge in [-0.25, -0.2) is 4.68 Å². The van der Waals surface area contributed by atoms with E-state index in [0.717, 1.165) is 35.1 Å². The van der Waals surface area contributed by atoms with Crippen LogP contribution in [-0.2, 0) is 27.0 Å². The predicted molar refractivity (Wildman–Crippen MR) is 127 cm³/mol. The maximum atomic E-state index is 13.4. The van der Waals surface area contributed by atoms with Crippen LogP contribution in [0.2, 0.25) is 10.0 Å². The van der Waals surface area contributed by atoms with Gasteiger partial charge < -0.3 is 14.2 Å². The van der Waals surface area contributed by atoms with E-state index in [4.69, 9.17) is 37.4 Å². The first-order valence-corrected chi connectivity index (χ1v) is 11.9. The normalized spacial score (nSPS) is 22.5. The van der Waals surface area contributed by atoms with Crippen LogP contribution < -0.4 is 0 Å². The first-order valence-electron chi connectivity index (χ1n) is 11.1. The zero-order valence-electron chi connectivity index (χ0n) is 19.2. The number of aromatic nitrogens is 2. The number of para-hydroxylation sites is 1. The van der Waals surface area contributed by atoms with E-state index in [1.54, 1.807) is 32.4 Å². The summed E-state index contributed by atoms with van der Waals surface area (Å²) in [6, 6.07) is 5.66. The van der Waals surface area contributed by atoms with Gasteiger partial charge in [-0.15, -0.1) is 0 Å². The molecule has 0 N–H and O–H groups in total. The van der Waals surface area contributed by atoms with Crippen molar-refractivity contribution in [2.45, 2.75) is 38.1 Å². The second-order valence-corrected chi connectivity index (χ2v) is 9.19. The Morgan fingerprint density at radius 3 is 2.51 bits per heavy atom. The summed E-state index contributed by atoms with van der Waals surface area (Å²) in [4.78, 5) is 0. The highest BCUT2D eigenvalue weighted by Crippen LogP contribution is 2.39. The fourth-order valence-electron chi connectivity index (χ4n) is 4.58. The Morgan fingerprint density at radius 1 is 1.17 bits per heavy atom. The number of alkyl halides is 3. The van der Waals surface area contributed by atoms with Crippen molar-refractivity contribution < 1.29 is 27.4 Å². The molecule has 5 nitrogen and oxygen atoms in total. The maximum Gasteiger partial charge on any atom is 0.435 e. The van der Waals surface area contributed by atoms with Crippen LogP contribution in [0.1, 0.15) is 30.7 Å². The minimum absolute atomic E-state index is 0.0775. The van der Waals surface area contributed by atoms with E-state index in [1.807, 2.05) is 24.3 Å². The quantitative estimate of drug-likeness (QED) is 0.383. The highest BCUT2D eigenvalue weighted by Gasteiger charge is 2.37. The summed E-state index contributed by atoms with van der Waals surface area (Å²) in [5.41, 5.74) is -0.672. The molecule has 1 aromatic heterocycles. The Kier molecular flexibility index (Phi) is 7.83. The van der Waals surface area contributed by atoms with Crippen LogP contribution in [0.15, 0.2) is 60.1 Å². The van der Waals surface area contributed by atoms with Gasteiger partial charge in [0.15, 0.2) is 5.69 Å². The average Bonchev–Trinajstić information content (AvgIpc) is 3.27. The zero-order valence-corrected chi connectivity index (χ0v) is 20.7. The molecule has 10 heteroatoms.